The van der Waals surface area contributed by atoms with E-state index >= 15 is 0 Å². The van der Waals surface area contributed by atoms with Crippen LogP contribution in [0.15, 0.2) is 0 Å². The van der Waals surface area contributed by atoms with Crippen molar-refractivity contribution in [3.8, 4) is 0 Å². The van der Waals surface area contributed by atoms with Crippen molar-refractivity contribution in [3.63, 3.8) is 0 Å². The Morgan fingerprint density at radius 1 is 0.933 bits per heavy atom. The Kier molecular flexibility index (Phi) is 12.7. The number of amides is 4. The quantitative estimate of drug-likeness (QED) is 0.128. The van der Waals surface area contributed by atoms with Crippen LogP contribution in [0.4, 0.5) is 0 Å². The molecule has 0 fully saturated rings. The summed E-state index contributed by atoms with van der Waals surface area (Å²) in [6, 6.07) is -4.95. The smallest absolute Gasteiger partial charge is 0.327 e. The number of carboxylic acid groups (broad SMARTS) is 1. The predicted molar refractivity (Wildman–Crippen MR) is 110 cm³/mol. The minimum Gasteiger partial charge on any atom is -0.480 e. The van der Waals surface area contributed by atoms with Crippen molar-refractivity contribution in [1.29, 1.82) is 0 Å². The molecular formula is C17H31N5O7S. The highest BCUT2D eigenvalue weighted by molar-refractivity contribution is 7.80. The van der Waals surface area contributed by atoms with Crippen molar-refractivity contribution in [2.45, 2.75) is 57.3 Å². The lowest BCUT2D eigenvalue weighted by Gasteiger charge is -2.24. The molecule has 0 aromatic carbocycles. The number of carbonyl (C=O) groups excluding carboxylic acids is 4. The summed E-state index contributed by atoms with van der Waals surface area (Å²) in [6.45, 7) is 2.95. The Bertz CT molecular complexity index is 632. The maximum atomic E-state index is 12.4. The van der Waals surface area contributed by atoms with E-state index < -0.39 is 60.4 Å². The van der Waals surface area contributed by atoms with Gasteiger partial charge >= 0.3 is 5.97 Å². The fourth-order valence-corrected chi connectivity index (χ4v) is 2.62. The van der Waals surface area contributed by atoms with E-state index in [2.05, 4.69) is 28.6 Å². The molecule has 13 heteroatoms. The molecule has 4 amide bonds. The highest BCUT2D eigenvalue weighted by Crippen LogP contribution is 2.04. The van der Waals surface area contributed by atoms with Crippen LogP contribution in [-0.4, -0.2) is 76.3 Å². The molecule has 0 aromatic rings. The van der Waals surface area contributed by atoms with Gasteiger partial charge in [-0.2, -0.15) is 12.6 Å². The number of hydrogen-bond donors (Lipinski definition) is 8. The number of aliphatic carboxylic acids is 1. The molecule has 0 aliphatic heterocycles. The van der Waals surface area contributed by atoms with Crippen LogP contribution in [0.25, 0.3) is 0 Å². The second-order valence-electron chi connectivity index (χ2n) is 7.13. The van der Waals surface area contributed by atoms with E-state index in [4.69, 9.17) is 16.6 Å². The average molecular weight is 450 g/mol. The number of aliphatic hydroxyl groups excluding tert-OH is 1. The lowest BCUT2D eigenvalue weighted by atomic mass is 10.0. The zero-order chi connectivity index (χ0) is 23.4. The molecule has 172 valence electrons. The van der Waals surface area contributed by atoms with Crippen molar-refractivity contribution in [2.24, 2.45) is 17.4 Å². The van der Waals surface area contributed by atoms with Gasteiger partial charge in [0.05, 0.1) is 12.6 Å². The van der Waals surface area contributed by atoms with Gasteiger partial charge in [0, 0.05) is 12.2 Å². The summed E-state index contributed by atoms with van der Waals surface area (Å²) in [7, 11) is 0. The molecule has 0 rings (SSSR count). The van der Waals surface area contributed by atoms with Gasteiger partial charge in [0.1, 0.15) is 18.1 Å². The maximum Gasteiger partial charge on any atom is 0.327 e. The summed E-state index contributed by atoms with van der Waals surface area (Å²) in [5.74, 6) is -4.60. The highest BCUT2D eigenvalue weighted by atomic mass is 32.1. The third kappa shape index (κ3) is 10.4. The minimum atomic E-state index is -1.40. The van der Waals surface area contributed by atoms with Crippen molar-refractivity contribution in [2.75, 3.05) is 12.4 Å². The zero-order valence-electron chi connectivity index (χ0n) is 17.0. The third-order valence-electron chi connectivity index (χ3n) is 3.99. The first-order valence-electron chi connectivity index (χ1n) is 9.32. The Morgan fingerprint density at radius 2 is 1.43 bits per heavy atom. The van der Waals surface area contributed by atoms with Gasteiger partial charge in [-0.05, 0) is 18.8 Å². The first kappa shape index (κ1) is 27.6. The van der Waals surface area contributed by atoms with E-state index in [0.717, 1.165) is 0 Å². The molecule has 0 radical (unpaired) electrons. The van der Waals surface area contributed by atoms with E-state index in [1.807, 2.05) is 13.8 Å². The van der Waals surface area contributed by atoms with E-state index in [1.54, 1.807) is 0 Å². The van der Waals surface area contributed by atoms with Crippen LogP contribution in [0.2, 0.25) is 0 Å². The second kappa shape index (κ2) is 13.8. The largest absolute Gasteiger partial charge is 0.480 e. The molecule has 12 nitrogen and oxygen atoms in total. The Hall–Kier alpha value is -2.38. The molecule has 0 aliphatic rings. The summed E-state index contributed by atoms with van der Waals surface area (Å²) in [5.41, 5.74) is 10.8. The number of carboxylic acids is 1. The van der Waals surface area contributed by atoms with Gasteiger partial charge in [-0.15, -0.1) is 0 Å². The number of carbonyl (C=O) groups is 5. The van der Waals surface area contributed by atoms with Crippen LogP contribution in [0.5, 0.6) is 0 Å². The van der Waals surface area contributed by atoms with Crippen molar-refractivity contribution in [3.05, 3.63) is 0 Å². The molecule has 0 aromatic heterocycles. The first-order chi connectivity index (χ1) is 13.9. The lowest BCUT2D eigenvalue weighted by Crippen LogP contribution is -2.58. The molecule has 0 aliphatic carbocycles. The molecule has 0 bridgehead atoms. The Labute approximate surface area is 179 Å². The van der Waals surface area contributed by atoms with Crippen LogP contribution in [0.3, 0.4) is 0 Å². The van der Waals surface area contributed by atoms with Crippen LogP contribution in [0.1, 0.15) is 33.1 Å². The van der Waals surface area contributed by atoms with Gasteiger partial charge in [-0.25, -0.2) is 4.79 Å². The van der Waals surface area contributed by atoms with Gasteiger partial charge in [-0.3, -0.25) is 19.2 Å². The lowest BCUT2D eigenvalue weighted by molar-refractivity contribution is -0.141. The number of nitrogens with two attached hydrogens (primary N) is 2. The number of hydrogen-bond acceptors (Lipinski definition) is 8. The van der Waals surface area contributed by atoms with Crippen LogP contribution < -0.4 is 27.4 Å². The number of thiol groups is 1. The van der Waals surface area contributed by atoms with Crippen molar-refractivity contribution >= 4 is 42.2 Å². The molecular weight excluding hydrogens is 418 g/mol. The number of nitrogens with one attached hydrogen (secondary N) is 3. The maximum absolute atomic E-state index is 12.4. The molecule has 30 heavy (non-hydrogen) atoms. The molecule has 0 heterocycles. The fraction of sp³-hybridized carbons (Fsp3) is 0.706. The van der Waals surface area contributed by atoms with Crippen molar-refractivity contribution < 1.29 is 34.2 Å². The first-order valence-corrected chi connectivity index (χ1v) is 9.95. The number of aliphatic hydroxyl groups is 1. The molecule has 0 saturated heterocycles. The van der Waals surface area contributed by atoms with E-state index in [9.17, 15) is 29.1 Å². The van der Waals surface area contributed by atoms with E-state index in [-0.39, 0.29) is 24.5 Å². The second-order valence-corrected chi connectivity index (χ2v) is 7.49. The number of primary amides is 1. The van der Waals surface area contributed by atoms with E-state index in [0.29, 0.717) is 6.42 Å². The predicted octanol–water partition coefficient (Wildman–Crippen LogP) is -2.91. The van der Waals surface area contributed by atoms with E-state index in [1.165, 1.54) is 0 Å². The van der Waals surface area contributed by atoms with Gasteiger partial charge in [0.15, 0.2) is 0 Å². The summed E-state index contributed by atoms with van der Waals surface area (Å²) >= 11 is 3.83. The van der Waals surface area contributed by atoms with Crippen LogP contribution >= 0.6 is 12.6 Å². The fourth-order valence-electron chi connectivity index (χ4n) is 2.37. The van der Waals surface area contributed by atoms with Crippen LogP contribution in [0, 0.1) is 5.92 Å². The Morgan fingerprint density at radius 3 is 1.87 bits per heavy atom. The monoisotopic (exact) mass is 449 g/mol. The van der Waals surface area contributed by atoms with Crippen LogP contribution in [-0.2, 0) is 24.0 Å². The SMILES string of the molecule is CC(C)CC(N)C(=O)NC(CO)C(=O)NC(CCC(N)=O)C(=O)NC(CS)C(=O)O. The summed E-state index contributed by atoms with van der Waals surface area (Å²) in [6.07, 6.45) is -0.132. The topological polar surface area (TPSA) is 214 Å². The molecule has 0 saturated carbocycles. The summed E-state index contributed by atoms with van der Waals surface area (Å²) in [4.78, 5) is 59.1. The zero-order valence-corrected chi connectivity index (χ0v) is 17.9. The van der Waals surface area contributed by atoms with Gasteiger partial charge in [-0.1, -0.05) is 13.8 Å². The molecule has 9 N–H and O–H groups in total. The summed E-state index contributed by atoms with van der Waals surface area (Å²) in [5, 5.41) is 25.2. The molecule has 4 unspecified atom stereocenters. The standard InChI is InChI=1S/C17H31N5O7S/c1-8(2)5-9(18)14(25)21-11(6-23)16(27)20-10(3-4-13(19)24)15(26)22-12(7-30)17(28)29/h8-12,23,30H,3-7,18H2,1-2H3,(H2,19,24)(H,20,27)(H,21,25)(H,22,26)(H,28,29). The van der Waals surface area contributed by atoms with Gasteiger partial charge < -0.3 is 37.6 Å². The minimum absolute atomic E-state index is 0.128. The van der Waals surface area contributed by atoms with Gasteiger partial charge in [0.2, 0.25) is 23.6 Å². The van der Waals surface area contributed by atoms with Crippen molar-refractivity contribution in [1.82, 2.24) is 16.0 Å². The molecule has 4 atom stereocenters. The Balaban J connectivity index is 5.21. The summed E-state index contributed by atoms with van der Waals surface area (Å²) < 4.78 is 0. The average Bonchev–Trinajstić information content (AvgIpc) is 2.65. The molecule has 0 spiro atoms. The highest BCUT2D eigenvalue weighted by Gasteiger charge is 2.30. The normalized spacial score (nSPS) is 14.9. The number of rotatable bonds is 14. The van der Waals surface area contributed by atoms with Gasteiger partial charge in [0.25, 0.3) is 0 Å². The third-order valence-corrected chi connectivity index (χ3v) is 4.35.